The molecule has 1 aliphatic rings. The molecule has 1 aliphatic heterocycles. The number of rotatable bonds is 3. The first-order chi connectivity index (χ1) is 9.84. The molecule has 0 aliphatic carbocycles. The molecule has 0 bridgehead atoms. The molecule has 1 fully saturated rings. The molecule has 1 saturated heterocycles. The van der Waals surface area contributed by atoms with Gasteiger partial charge in [-0.05, 0) is 34.8 Å². The second-order valence-electron chi connectivity index (χ2n) is 4.95. The van der Waals surface area contributed by atoms with Gasteiger partial charge < -0.3 is 5.32 Å². The van der Waals surface area contributed by atoms with Crippen LogP contribution in [0.5, 0.6) is 0 Å². The molecular formula is C14H15BrF2N2O2. The van der Waals surface area contributed by atoms with Gasteiger partial charge >= 0.3 is 0 Å². The normalized spacial score (nSPS) is 17.9. The van der Waals surface area contributed by atoms with Crippen molar-refractivity contribution in [1.29, 1.82) is 0 Å². The lowest BCUT2D eigenvalue weighted by Gasteiger charge is -2.41. The van der Waals surface area contributed by atoms with Crippen molar-refractivity contribution in [1.82, 2.24) is 5.32 Å². The van der Waals surface area contributed by atoms with Crippen LogP contribution in [0.2, 0.25) is 0 Å². The number of nitrogens with zero attached hydrogens (tertiary/aromatic N) is 1. The highest BCUT2D eigenvalue weighted by Crippen LogP contribution is 2.34. The lowest BCUT2D eigenvalue weighted by molar-refractivity contribution is -0.136. The van der Waals surface area contributed by atoms with Gasteiger partial charge in [0.05, 0.1) is 5.69 Å². The molecule has 0 saturated carbocycles. The van der Waals surface area contributed by atoms with E-state index in [4.69, 9.17) is 0 Å². The van der Waals surface area contributed by atoms with Crippen LogP contribution in [-0.4, -0.2) is 23.9 Å². The molecule has 1 heterocycles. The second-order valence-corrected chi connectivity index (χ2v) is 5.80. The van der Waals surface area contributed by atoms with E-state index in [1.54, 1.807) is 13.8 Å². The Kier molecular flexibility index (Phi) is 4.32. The SMILES string of the molecule is CCC1(CC)NC(=O)CN(c2c(F)cc(F)cc2Br)C1=O. The van der Waals surface area contributed by atoms with Gasteiger partial charge in [-0.3, -0.25) is 14.5 Å². The largest absolute Gasteiger partial charge is 0.340 e. The quantitative estimate of drug-likeness (QED) is 0.900. The summed E-state index contributed by atoms with van der Waals surface area (Å²) >= 11 is 3.06. The lowest BCUT2D eigenvalue weighted by atomic mass is 9.88. The number of carbonyl (C=O) groups is 2. The summed E-state index contributed by atoms with van der Waals surface area (Å²) in [4.78, 5) is 25.6. The highest BCUT2D eigenvalue weighted by Gasteiger charge is 2.45. The summed E-state index contributed by atoms with van der Waals surface area (Å²) in [5, 5.41) is 2.69. The van der Waals surface area contributed by atoms with Crippen LogP contribution >= 0.6 is 15.9 Å². The van der Waals surface area contributed by atoms with E-state index in [1.807, 2.05) is 0 Å². The first-order valence-electron chi connectivity index (χ1n) is 6.62. The number of amides is 2. The Morgan fingerprint density at radius 3 is 2.43 bits per heavy atom. The molecule has 1 aromatic carbocycles. The highest BCUT2D eigenvalue weighted by atomic mass is 79.9. The highest BCUT2D eigenvalue weighted by molar-refractivity contribution is 9.10. The van der Waals surface area contributed by atoms with E-state index in [-0.39, 0.29) is 22.6 Å². The van der Waals surface area contributed by atoms with Crippen molar-refractivity contribution >= 4 is 33.4 Å². The van der Waals surface area contributed by atoms with Gasteiger partial charge in [0.1, 0.15) is 17.9 Å². The molecule has 1 N–H and O–H groups in total. The van der Waals surface area contributed by atoms with Crippen molar-refractivity contribution in [2.24, 2.45) is 0 Å². The molecule has 1 aromatic rings. The molecule has 0 unspecified atom stereocenters. The third kappa shape index (κ3) is 2.66. The van der Waals surface area contributed by atoms with E-state index in [1.165, 1.54) is 0 Å². The number of carbonyl (C=O) groups excluding carboxylic acids is 2. The molecule has 0 spiro atoms. The van der Waals surface area contributed by atoms with Gasteiger partial charge in [0.15, 0.2) is 5.82 Å². The summed E-state index contributed by atoms with van der Waals surface area (Å²) in [6.45, 7) is 3.27. The summed E-state index contributed by atoms with van der Waals surface area (Å²) in [7, 11) is 0. The van der Waals surface area contributed by atoms with Crippen LogP contribution in [0.1, 0.15) is 26.7 Å². The maximum atomic E-state index is 14.1. The Labute approximate surface area is 129 Å². The molecule has 2 rings (SSSR count). The number of hydrogen-bond acceptors (Lipinski definition) is 2. The zero-order chi connectivity index (χ0) is 15.8. The van der Waals surface area contributed by atoms with Gasteiger partial charge in [0.25, 0.3) is 5.91 Å². The molecule has 2 amide bonds. The van der Waals surface area contributed by atoms with E-state index in [0.717, 1.165) is 11.0 Å². The molecule has 0 radical (unpaired) electrons. The van der Waals surface area contributed by atoms with Gasteiger partial charge in [0.2, 0.25) is 5.91 Å². The van der Waals surface area contributed by atoms with Gasteiger partial charge in [-0.1, -0.05) is 13.8 Å². The molecular weight excluding hydrogens is 346 g/mol. The fourth-order valence-electron chi connectivity index (χ4n) is 2.54. The zero-order valence-corrected chi connectivity index (χ0v) is 13.3. The number of halogens is 3. The molecule has 0 aromatic heterocycles. The Balaban J connectivity index is 2.53. The molecule has 7 heteroatoms. The van der Waals surface area contributed by atoms with E-state index >= 15 is 0 Å². The number of piperazine rings is 1. The molecule has 0 atom stereocenters. The predicted molar refractivity (Wildman–Crippen MR) is 77.9 cm³/mol. The Morgan fingerprint density at radius 2 is 1.90 bits per heavy atom. The summed E-state index contributed by atoms with van der Waals surface area (Å²) in [6, 6.07) is 1.76. The van der Waals surface area contributed by atoms with Crippen LogP contribution in [-0.2, 0) is 9.59 Å². The minimum absolute atomic E-state index is 0.101. The second kappa shape index (κ2) is 5.71. The standard InChI is InChI=1S/C14H15BrF2N2O2/c1-3-14(4-2)13(21)19(7-11(20)18-14)12-9(15)5-8(16)6-10(12)17/h5-6H,3-4,7H2,1-2H3,(H,18,20). The van der Waals surface area contributed by atoms with Gasteiger partial charge in [-0.15, -0.1) is 0 Å². The Morgan fingerprint density at radius 1 is 1.29 bits per heavy atom. The minimum atomic E-state index is -1.05. The van der Waals surface area contributed by atoms with Crippen LogP contribution in [0.15, 0.2) is 16.6 Å². The summed E-state index contributed by atoms with van der Waals surface area (Å²) in [5.74, 6) is -2.40. The Bertz CT molecular complexity index is 580. The lowest BCUT2D eigenvalue weighted by Crippen LogP contribution is -2.66. The van der Waals surface area contributed by atoms with Crippen LogP contribution < -0.4 is 10.2 Å². The van der Waals surface area contributed by atoms with E-state index in [0.29, 0.717) is 18.9 Å². The average Bonchev–Trinajstić information content (AvgIpc) is 2.41. The van der Waals surface area contributed by atoms with E-state index in [9.17, 15) is 18.4 Å². The van der Waals surface area contributed by atoms with Crippen molar-refractivity contribution in [3.8, 4) is 0 Å². The first kappa shape index (κ1) is 15.9. The van der Waals surface area contributed by atoms with Gasteiger partial charge in [-0.25, -0.2) is 8.78 Å². The zero-order valence-electron chi connectivity index (χ0n) is 11.7. The average molecular weight is 361 g/mol. The topological polar surface area (TPSA) is 49.4 Å². The predicted octanol–water partition coefficient (Wildman–Crippen LogP) is 2.75. The number of hydrogen-bond donors (Lipinski definition) is 1. The van der Waals surface area contributed by atoms with Crippen LogP contribution in [0.3, 0.4) is 0 Å². The van der Waals surface area contributed by atoms with Crippen LogP contribution in [0.25, 0.3) is 0 Å². The number of nitrogens with one attached hydrogen (secondary N) is 1. The van der Waals surface area contributed by atoms with Crippen molar-refractivity contribution in [3.63, 3.8) is 0 Å². The van der Waals surface area contributed by atoms with Crippen molar-refractivity contribution in [3.05, 3.63) is 28.2 Å². The summed E-state index contributed by atoms with van der Waals surface area (Å²) in [5.41, 5.74) is -1.15. The van der Waals surface area contributed by atoms with E-state index in [2.05, 4.69) is 21.2 Å². The summed E-state index contributed by atoms with van der Waals surface area (Å²) < 4.78 is 27.3. The third-order valence-corrected chi connectivity index (χ3v) is 4.40. The van der Waals surface area contributed by atoms with Gasteiger partial charge in [0, 0.05) is 10.5 Å². The van der Waals surface area contributed by atoms with Crippen molar-refractivity contribution in [2.75, 3.05) is 11.4 Å². The van der Waals surface area contributed by atoms with Crippen molar-refractivity contribution < 1.29 is 18.4 Å². The molecule has 4 nitrogen and oxygen atoms in total. The fraction of sp³-hybridized carbons (Fsp3) is 0.429. The molecule has 21 heavy (non-hydrogen) atoms. The third-order valence-electron chi connectivity index (χ3n) is 3.79. The smallest absolute Gasteiger partial charge is 0.253 e. The molecule has 114 valence electrons. The van der Waals surface area contributed by atoms with E-state index < -0.39 is 23.1 Å². The Hall–Kier alpha value is -1.50. The van der Waals surface area contributed by atoms with Crippen LogP contribution in [0, 0.1) is 11.6 Å². The minimum Gasteiger partial charge on any atom is -0.340 e. The van der Waals surface area contributed by atoms with Gasteiger partial charge in [-0.2, -0.15) is 0 Å². The van der Waals surface area contributed by atoms with Crippen LogP contribution in [0.4, 0.5) is 14.5 Å². The monoisotopic (exact) mass is 360 g/mol. The number of anilines is 1. The maximum Gasteiger partial charge on any atom is 0.253 e. The fourth-order valence-corrected chi connectivity index (χ4v) is 3.16. The number of benzene rings is 1. The first-order valence-corrected chi connectivity index (χ1v) is 7.41. The summed E-state index contributed by atoms with van der Waals surface area (Å²) in [6.07, 6.45) is 0.788. The van der Waals surface area contributed by atoms with Crippen molar-refractivity contribution in [2.45, 2.75) is 32.2 Å². The maximum absolute atomic E-state index is 14.1.